The van der Waals surface area contributed by atoms with E-state index in [4.69, 9.17) is 27.9 Å². The van der Waals surface area contributed by atoms with Gasteiger partial charge in [0.1, 0.15) is 0 Å². The summed E-state index contributed by atoms with van der Waals surface area (Å²) in [5, 5.41) is 2.93. The van der Waals surface area contributed by atoms with Crippen molar-refractivity contribution in [3.05, 3.63) is 81.3 Å². The summed E-state index contributed by atoms with van der Waals surface area (Å²) in [6, 6.07) is 11.7. The molecule has 0 aliphatic carbocycles. The van der Waals surface area contributed by atoms with Crippen LogP contribution in [0.3, 0.4) is 0 Å². The molecule has 0 fully saturated rings. The highest BCUT2D eigenvalue weighted by molar-refractivity contribution is 6.40. The molecule has 1 aliphatic heterocycles. The van der Waals surface area contributed by atoms with Gasteiger partial charge in [0.25, 0.3) is 0 Å². The number of nitrogens with one attached hydrogen (secondary N) is 1. The lowest BCUT2D eigenvalue weighted by molar-refractivity contribution is -0.137. The second-order valence-corrected chi connectivity index (χ2v) is 7.94. The fraction of sp³-hybridized carbons (Fsp3) is 0.130. The number of halogens is 5. The Bertz CT molecular complexity index is 1260. The fourth-order valence-corrected chi connectivity index (χ4v) is 4.33. The number of hydrogen-bond acceptors (Lipinski definition) is 3. The Morgan fingerprint density at radius 1 is 1.03 bits per heavy atom. The first-order chi connectivity index (χ1) is 15.6. The third kappa shape index (κ3) is 4.12. The van der Waals surface area contributed by atoms with Gasteiger partial charge in [0.05, 0.1) is 39.7 Å². The van der Waals surface area contributed by atoms with Crippen LogP contribution in [0, 0.1) is 0 Å². The predicted molar refractivity (Wildman–Crippen MR) is 119 cm³/mol. The van der Waals surface area contributed by atoms with E-state index in [0.717, 1.165) is 18.1 Å². The summed E-state index contributed by atoms with van der Waals surface area (Å²) in [4.78, 5) is 26.4. The second kappa shape index (κ2) is 8.61. The van der Waals surface area contributed by atoms with Crippen molar-refractivity contribution in [1.29, 1.82) is 0 Å². The van der Waals surface area contributed by atoms with Crippen LogP contribution in [0.2, 0.25) is 10.0 Å². The van der Waals surface area contributed by atoms with Crippen LogP contribution < -0.4 is 10.2 Å². The van der Waals surface area contributed by atoms with Gasteiger partial charge in [0, 0.05) is 12.1 Å². The lowest BCUT2D eigenvalue weighted by Crippen LogP contribution is -2.42. The molecule has 3 aromatic rings. The van der Waals surface area contributed by atoms with Crippen LogP contribution in [0.4, 0.5) is 29.3 Å². The minimum absolute atomic E-state index is 0.0360. The molecule has 0 spiro atoms. The van der Waals surface area contributed by atoms with Crippen molar-refractivity contribution in [2.45, 2.75) is 12.7 Å². The van der Waals surface area contributed by atoms with Gasteiger partial charge in [-0.3, -0.25) is 4.90 Å². The topological polar surface area (TPSA) is 58.6 Å². The first-order valence-corrected chi connectivity index (χ1v) is 10.3. The maximum Gasteiger partial charge on any atom is 0.417 e. The average Bonchev–Trinajstić information content (AvgIpc) is 2.78. The second-order valence-electron chi connectivity index (χ2n) is 7.12. The summed E-state index contributed by atoms with van der Waals surface area (Å²) in [7, 11) is 1.15. The molecule has 2 amide bonds. The minimum Gasteiger partial charge on any atom is -0.465 e. The average molecular weight is 495 g/mol. The third-order valence-corrected chi connectivity index (χ3v) is 5.80. The van der Waals surface area contributed by atoms with E-state index in [0.29, 0.717) is 5.56 Å². The monoisotopic (exact) mass is 494 g/mol. The highest BCUT2D eigenvalue weighted by Crippen LogP contribution is 2.45. The van der Waals surface area contributed by atoms with E-state index in [1.165, 1.54) is 42.5 Å². The largest absolute Gasteiger partial charge is 0.465 e. The fourth-order valence-electron chi connectivity index (χ4n) is 3.76. The molecule has 10 heteroatoms. The van der Waals surface area contributed by atoms with E-state index in [9.17, 15) is 22.8 Å². The maximum atomic E-state index is 13.8. The van der Waals surface area contributed by atoms with Crippen molar-refractivity contribution in [2.75, 3.05) is 12.0 Å². The molecule has 0 unspecified atom stereocenters. The number of urea groups is 1. The summed E-state index contributed by atoms with van der Waals surface area (Å²) in [6.07, 6.45) is -4.64. The Morgan fingerprint density at radius 3 is 2.33 bits per heavy atom. The van der Waals surface area contributed by atoms with Crippen LogP contribution in [0.1, 0.15) is 21.5 Å². The Morgan fingerprint density at radius 2 is 1.70 bits per heavy atom. The Balaban J connectivity index is 2.06. The van der Waals surface area contributed by atoms with Crippen LogP contribution >= 0.6 is 23.2 Å². The molecule has 4 rings (SSSR count). The van der Waals surface area contributed by atoms with Gasteiger partial charge in [0.2, 0.25) is 0 Å². The van der Waals surface area contributed by atoms with E-state index < -0.39 is 23.7 Å². The molecule has 170 valence electrons. The van der Waals surface area contributed by atoms with Crippen molar-refractivity contribution in [3.63, 3.8) is 0 Å². The summed E-state index contributed by atoms with van der Waals surface area (Å²) < 4.78 is 46.2. The zero-order chi connectivity index (χ0) is 23.9. The number of rotatable bonds is 3. The number of benzene rings is 3. The zero-order valence-corrected chi connectivity index (χ0v) is 18.5. The summed E-state index contributed by atoms with van der Waals surface area (Å²) >= 11 is 12.6. The molecule has 0 saturated heterocycles. The van der Waals surface area contributed by atoms with Gasteiger partial charge in [-0.15, -0.1) is 0 Å². The van der Waals surface area contributed by atoms with Gasteiger partial charge in [0.15, 0.2) is 0 Å². The van der Waals surface area contributed by atoms with Crippen LogP contribution in [0.25, 0.3) is 11.1 Å². The standard InChI is InChI=1S/C23H15Cl2F3N2O3/c1-33-21(31)12-9-14(13-5-2-3-6-16(13)23(26,27)28)15-11-29-22(32)30(19(15)10-12)20-17(24)7-4-8-18(20)25/h2-10H,11H2,1H3,(H,29,32). The molecule has 0 aromatic heterocycles. The van der Waals surface area contributed by atoms with Crippen LogP contribution in [-0.4, -0.2) is 19.1 Å². The van der Waals surface area contributed by atoms with Crippen molar-refractivity contribution >= 4 is 46.6 Å². The number of ether oxygens (including phenoxy) is 1. The molecule has 1 N–H and O–H groups in total. The molecule has 3 aromatic carbocycles. The van der Waals surface area contributed by atoms with Crippen molar-refractivity contribution in [3.8, 4) is 11.1 Å². The predicted octanol–water partition coefficient (Wildman–Crippen LogP) is 6.83. The van der Waals surface area contributed by atoms with Gasteiger partial charge >= 0.3 is 18.2 Å². The number of hydrogen-bond donors (Lipinski definition) is 1. The summed E-state index contributed by atoms with van der Waals surface area (Å²) in [5.74, 6) is -0.778. The molecule has 0 atom stereocenters. The molecule has 5 nitrogen and oxygen atoms in total. The smallest absolute Gasteiger partial charge is 0.417 e. The third-order valence-electron chi connectivity index (χ3n) is 5.19. The first kappa shape index (κ1) is 22.9. The number of carbonyl (C=O) groups is 2. The minimum atomic E-state index is -4.64. The van der Waals surface area contributed by atoms with Gasteiger partial charge in [-0.05, 0) is 41.5 Å². The first-order valence-electron chi connectivity index (χ1n) is 9.57. The molecule has 0 bridgehead atoms. The number of esters is 1. The molecular formula is C23H15Cl2F3N2O3. The number of methoxy groups -OCH3 is 1. The van der Waals surface area contributed by atoms with Crippen LogP contribution in [0.15, 0.2) is 54.6 Å². The molecule has 33 heavy (non-hydrogen) atoms. The van der Waals surface area contributed by atoms with E-state index in [1.54, 1.807) is 6.07 Å². The van der Waals surface area contributed by atoms with Crippen LogP contribution in [0.5, 0.6) is 0 Å². The number of carbonyl (C=O) groups excluding carboxylic acids is 2. The zero-order valence-electron chi connectivity index (χ0n) is 17.0. The van der Waals surface area contributed by atoms with Crippen molar-refractivity contribution in [1.82, 2.24) is 5.32 Å². The molecule has 0 saturated carbocycles. The number of para-hydroxylation sites is 1. The summed E-state index contributed by atoms with van der Waals surface area (Å²) in [6.45, 7) is -0.0737. The van der Waals surface area contributed by atoms with Crippen molar-refractivity contribution < 1.29 is 27.5 Å². The maximum absolute atomic E-state index is 13.8. The summed E-state index contributed by atoms with van der Waals surface area (Å²) in [5.41, 5.74) is -0.281. The van der Waals surface area contributed by atoms with Gasteiger partial charge < -0.3 is 10.1 Å². The normalized spacial score (nSPS) is 13.4. The van der Waals surface area contributed by atoms with E-state index in [-0.39, 0.29) is 44.7 Å². The molecule has 1 aliphatic rings. The van der Waals surface area contributed by atoms with Gasteiger partial charge in [-0.25, -0.2) is 9.59 Å². The lowest BCUT2D eigenvalue weighted by Gasteiger charge is -2.33. The number of alkyl halides is 3. The number of anilines is 2. The number of nitrogens with zero attached hydrogens (tertiary/aromatic N) is 1. The van der Waals surface area contributed by atoms with E-state index >= 15 is 0 Å². The van der Waals surface area contributed by atoms with Gasteiger partial charge in [-0.2, -0.15) is 13.2 Å². The van der Waals surface area contributed by atoms with E-state index in [1.807, 2.05) is 0 Å². The molecular weight excluding hydrogens is 480 g/mol. The van der Waals surface area contributed by atoms with Crippen molar-refractivity contribution in [2.24, 2.45) is 0 Å². The molecule has 1 heterocycles. The van der Waals surface area contributed by atoms with Crippen LogP contribution in [-0.2, 0) is 17.5 Å². The van der Waals surface area contributed by atoms with E-state index in [2.05, 4.69) is 5.32 Å². The Kier molecular flexibility index (Phi) is 5.99. The van der Waals surface area contributed by atoms with Gasteiger partial charge in [-0.1, -0.05) is 47.5 Å². The lowest BCUT2D eigenvalue weighted by atomic mass is 9.90. The molecule has 0 radical (unpaired) electrons. The Labute approximate surface area is 196 Å². The quantitative estimate of drug-likeness (QED) is 0.406. The SMILES string of the molecule is COC(=O)c1cc(-c2ccccc2C(F)(F)F)c2c(c1)N(c1c(Cl)cccc1Cl)C(=O)NC2. The highest BCUT2D eigenvalue weighted by atomic mass is 35.5. The highest BCUT2D eigenvalue weighted by Gasteiger charge is 2.36. The number of amides is 2. The Hall–Kier alpha value is -3.23. The number of fused-ring (bicyclic) bond motifs is 1.